The van der Waals surface area contributed by atoms with Crippen molar-refractivity contribution >= 4 is 65.2 Å². The van der Waals surface area contributed by atoms with Crippen LogP contribution in [0.1, 0.15) is 0 Å². The predicted octanol–water partition coefficient (Wildman–Crippen LogP) is 11.9. The van der Waals surface area contributed by atoms with Crippen LogP contribution in [0.5, 0.6) is 0 Å². The molecule has 0 unspecified atom stereocenters. The van der Waals surface area contributed by atoms with Crippen molar-refractivity contribution < 1.29 is 0 Å². The summed E-state index contributed by atoms with van der Waals surface area (Å²) < 4.78 is 4.88. The van der Waals surface area contributed by atoms with Gasteiger partial charge in [0, 0.05) is 32.6 Å². The highest BCUT2D eigenvalue weighted by atomic mass is 15.0. The molecule has 0 radical (unpaired) electrons. The van der Waals surface area contributed by atoms with Crippen molar-refractivity contribution in [3.8, 4) is 22.5 Å². The smallest absolute Gasteiger partial charge is 0.0549 e. The fourth-order valence-electron chi connectivity index (χ4n) is 7.54. The largest absolute Gasteiger partial charge is 0.309 e. The summed E-state index contributed by atoms with van der Waals surface area (Å²) in [6, 6.07) is 62.0. The maximum Gasteiger partial charge on any atom is 0.0549 e. The van der Waals surface area contributed by atoms with Crippen LogP contribution < -0.4 is 0 Å². The molecule has 0 amide bonds. The Morgan fingerprint density at radius 3 is 1.57 bits per heavy atom. The highest BCUT2D eigenvalue weighted by Crippen LogP contribution is 2.40. The Hall–Kier alpha value is -6.12. The second kappa shape index (κ2) is 9.69. The summed E-state index contributed by atoms with van der Waals surface area (Å²) in [6.45, 7) is 0. The minimum Gasteiger partial charge on any atom is -0.309 e. The molecule has 0 fully saturated rings. The van der Waals surface area contributed by atoms with Crippen molar-refractivity contribution in [1.82, 2.24) is 9.13 Å². The molecule has 8 aromatic carbocycles. The molecule has 0 aliphatic heterocycles. The zero-order valence-electron chi connectivity index (χ0n) is 25.1. The number of fused-ring (bicyclic) bond motifs is 8. The summed E-state index contributed by atoms with van der Waals surface area (Å²) in [4.78, 5) is 0. The monoisotopic (exact) mass is 584 g/mol. The van der Waals surface area contributed by atoms with E-state index in [0.717, 1.165) is 5.69 Å². The van der Waals surface area contributed by atoms with E-state index in [2.05, 4.69) is 179 Å². The molecule has 0 aliphatic carbocycles. The van der Waals surface area contributed by atoms with Gasteiger partial charge in [-0.25, -0.2) is 0 Å². The molecule has 0 aliphatic rings. The SMILES string of the molecule is c1ccc2cc(-c3ccc(-n4c5ccccc5c5cc6c(cc54)c4ccccc4n6-c4cccc5ccccc45)cc3)ccc2c1. The van der Waals surface area contributed by atoms with Crippen LogP contribution in [0.4, 0.5) is 0 Å². The van der Waals surface area contributed by atoms with Gasteiger partial charge in [0.25, 0.3) is 0 Å². The summed E-state index contributed by atoms with van der Waals surface area (Å²) in [5, 5.41) is 10.1. The van der Waals surface area contributed by atoms with Crippen molar-refractivity contribution in [2.75, 3.05) is 0 Å². The third-order valence-corrected chi connectivity index (χ3v) is 9.68. The minimum atomic E-state index is 1.16. The number of para-hydroxylation sites is 2. The summed E-state index contributed by atoms with van der Waals surface area (Å²) in [7, 11) is 0. The molecule has 2 nitrogen and oxygen atoms in total. The zero-order chi connectivity index (χ0) is 30.2. The summed E-state index contributed by atoms with van der Waals surface area (Å²) in [6.07, 6.45) is 0. The molecule has 46 heavy (non-hydrogen) atoms. The lowest BCUT2D eigenvalue weighted by molar-refractivity contribution is 1.18. The number of nitrogens with zero attached hydrogens (tertiary/aromatic N) is 2. The first-order valence-corrected chi connectivity index (χ1v) is 15.9. The maximum absolute atomic E-state index is 2.46. The van der Waals surface area contributed by atoms with Crippen LogP contribution in [-0.4, -0.2) is 9.13 Å². The molecular weight excluding hydrogens is 556 g/mol. The summed E-state index contributed by atoms with van der Waals surface area (Å²) in [5.41, 5.74) is 9.69. The normalized spacial score (nSPS) is 11.9. The Kier molecular flexibility index (Phi) is 5.31. The Morgan fingerprint density at radius 1 is 0.283 bits per heavy atom. The van der Waals surface area contributed by atoms with E-state index in [1.807, 2.05) is 0 Å². The number of aromatic nitrogens is 2. The summed E-state index contributed by atoms with van der Waals surface area (Å²) >= 11 is 0. The van der Waals surface area contributed by atoms with E-state index in [9.17, 15) is 0 Å². The molecule has 0 saturated heterocycles. The molecule has 2 aromatic heterocycles. The lowest BCUT2D eigenvalue weighted by atomic mass is 10.0. The van der Waals surface area contributed by atoms with Crippen molar-refractivity contribution in [3.05, 3.63) is 170 Å². The van der Waals surface area contributed by atoms with E-state index in [1.54, 1.807) is 0 Å². The number of rotatable bonds is 3. The number of hydrogen-bond acceptors (Lipinski definition) is 0. The first kappa shape index (κ1) is 25.2. The average Bonchev–Trinajstić information content (AvgIpc) is 3.62. The fourth-order valence-corrected chi connectivity index (χ4v) is 7.54. The van der Waals surface area contributed by atoms with Gasteiger partial charge in [0.2, 0.25) is 0 Å². The van der Waals surface area contributed by atoms with Gasteiger partial charge in [-0.2, -0.15) is 0 Å². The molecule has 0 atom stereocenters. The molecule has 0 N–H and O–H groups in total. The van der Waals surface area contributed by atoms with Crippen LogP contribution in [0.3, 0.4) is 0 Å². The quantitative estimate of drug-likeness (QED) is 0.195. The van der Waals surface area contributed by atoms with Gasteiger partial charge in [-0.05, 0) is 75.8 Å². The van der Waals surface area contributed by atoms with E-state index in [1.165, 1.54) is 82.0 Å². The maximum atomic E-state index is 2.46. The third-order valence-electron chi connectivity index (χ3n) is 9.68. The van der Waals surface area contributed by atoms with Crippen LogP contribution in [0.2, 0.25) is 0 Å². The van der Waals surface area contributed by atoms with E-state index in [-0.39, 0.29) is 0 Å². The second-order valence-corrected chi connectivity index (χ2v) is 12.2. The van der Waals surface area contributed by atoms with Crippen molar-refractivity contribution in [1.29, 1.82) is 0 Å². The Labute approximate surface area is 266 Å². The molecule has 0 bridgehead atoms. The first-order chi connectivity index (χ1) is 22.8. The first-order valence-electron chi connectivity index (χ1n) is 15.9. The third kappa shape index (κ3) is 3.65. The fraction of sp³-hybridized carbons (Fsp3) is 0. The average molecular weight is 585 g/mol. The van der Waals surface area contributed by atoms with Crippen molar-refractivity contribution in [2.45, 2.75) is 0 Å². The highest BCUT2D eigenvalue weighted by Gasteiger charge is 2.19. The number of hydrogen-bond donors (Lipinski definition) is 0. The zero-order valence-corrected chi connectivity index (χ0v) is 25.1. The van der Waals surface area contributed by atoms with Gasteiger partial charge >= 0.3 is 0 Å². The molecule has 214 valence electrons. The van der Waals surface area contributed by atoms with E-state index in [0.29, 0.717) is 0 Å². The van der Waals surface area contributed by atoms with Crippen molar-refractivity contribution in [2.24, 2.45) is 0 Å². The topological polar surface area (TPSA) is 9.86 Å². The standard InChI is InChI=1S/C44H28N2/c1-2-12-32-26-33(21-20-29(32)10-1)30-22-24-34(25-23-30)45-41-17-7-5-15-36(41)38-28-44-39(27-43(38)45)37-16-6-8-18-42(37)46(44)40-19-9-13-31-11-3-4-14-35(31)40/h1-28H. The Bertz CT molecular complexity index is 2790. The van der Waals surface area contributed by atoms with Gasteiger partial charge in [-0.1, -0.05) is 121 Å². The van der Waals surface area contributed by atoms with Gasteiger partial charge in [0.05, 0.1) is 27.8 Å². The van der Waals surface area contributed by atoms with Gasteiger partial charge in [-0.15, -0.1) is 0 Å². The van der Waals surface area contributed by atoms with Gasteiger partial charge in [0.1, 0.15) is 0 Å². The second-order valence-electron chi connectivity index (χ2n) is 12.2. The molecule has 10 rings (SSSR count). The van der Waals surface area contributed by atoms with E-state index in [4.69, 9.17) is 0 Å². The molecule has 10 aromatic rings. The molecule has 2 heteroatoms. The van der Waals surface area contributed by atoms with Crippen LogP contribution in [0.15, 0.2) is 170 Å². The van der Waals surface area contributed by atoms with Gasteiger partial charge in [0.15, 0.2) is 0 Å². The lowest BCUT2D eigenvalue weighted by Gasteiger charge is -2.12. The molecular formula is C44H28N2. The van der Waals surface area contributed by atoms with Crippen molar-refractivity contribution in [3.63, 3.8) is 0 Å². The summed E-state index contributed by atoms with van der Waals surface area (Å²) in [5.74, 6) is 0. The van der Waals surface area contributed by atoms with E-state index < -0.39 is 0 Å². The minimum absolute atomic E-state index is 1.16. The lowest BCUT2D eigenvalue weighted by Crippen LogP contribution is -1.95. The highest BCUT2D eigenvalue weighted by molar-refractivity contribution is 6.19. The Morgan fingerprint density at radius 2 is 0.826 bits per heavy atom. The van der Waals surface area contributed by atoms with Crippen LogP contribution in [0.25, 0.3) is 87.7 Å². The van der Waals surface area contributed by atoms with Gasteiger partial charge < -0.3 is 9.13 Å². The predicted molar refractivity (Wildman–Crippen MR) is 196 cm³/mol. The molecule has 0 saturated carbocycles. The van der Waals surface area contributed by atoms with Gasteiger partial charge in [-0.3, -0.25) is 0 Å². The Balaban J connectivity index is 1.22. The molecule has 2 heterocycles. The van der Waals surface area contributed by atoms with Crippen LogP contribution in [-0.2, 0) is 0 Å². The van der Waals surface area contributed by atoms with Crippen LogP contribution >= 0.6 is 0 Å². The molecule has 0 spiro atoms. The number of benzene rings is 8. The van der Waals surface area contributed by atoms with Crippen LogP contribution in [0, 0.1) is 0 Å². The van der Waals surface area contributed by atoms with E-state index >= 15 is 0 Å².